The Morgan fingerprint density at radius 2 is 1.81 bits per heavy atom. The SMILES string of the molecule is CC(=O)Oc1cc(N(C)C)ccc1C=NN1C(=O)[C@@H]2[C@H](C1=O)[C@H]1C=C[C@H]2C1. The maximum atomic E-state index is 12.7. The quantitative estimate of drug-likeness (QED) is 0.267. The van der Waals surface area contributed by atoms with Gasteiger partial charge in [0.15, 0.2) is 0 Å². The fraction of sp³-hybridized carbons (Fsp3) is 0.400. The molecule has 7 heteroatoms. The Labute approximate surface area is 157 Å². The molecule has 3 aliphatic rings. The van der Waals surface area contributed by atoms with E-state index in [2.05, 4.69) is 5.10 Å². The van der Waals surface area contributed by atoms with Crippen LogP contribution < -0.4 is 9.64 Å². The van der Waals surface area contributed by atoms with Crippen LogP contribution in [0.1, 0.15) is 18.9 Å². The lowest BCUT2D eigenvalue weighted by Gasteiger charge is -2.15. The standard InChI is InChI=1S/C20H21N3O4/c1-11(24)27-16-9-15(22(2)3)7-6-14(16)10-21-23-19(25)17-12-4-5-13(8-12)18(17)20(23)26/h4-7,9-10,12-13,17-18H,8H2,1-3H3/t12-,13-,17-,18+/m0/s1. The number of hydrogen-bond acceptors (Lipinski definition) is 6. The first-order chi connectivity index (χ1) is 12.9. The van der Waals surface area contributed by atoms with Crippen LogP contribution in [0, 0.1) is 23.7 Å². The molecule has 0 radical (unpaired) electrons. The van der Waals surface area contributed by atoms with E-state index < -0.39 is 5.97 Å². The van der Waals surface area contributed by atoms with Crippen molar-refractivity contribution in [3.05, 3.63) is 35.9 Å². The van der Waals surface area contributed by atoms with Gasteiger partial charge in [0.05, 0.1) is 18.1 Å². The highest BCUT2D eigenvalue weighted by Gasteiger charge is 2.59. The maximum Gasteiger partial charge on any atom is 0.308 e. The molecule has 1 aromatic rings. The predicted octanol–water partition coefficient (Wildman–Crippen LogP) is 1.82. The van der Waals surface area contributed by atoms with Crippen molar-refractivity contribution in [3.8, 4) is 5.75 Å². The highest BCUT2D eigenvalue weighted by Crippen LogP contribution is 2.52. The minimum absolute atomic E-state index is 0.146. The molecule has 2 amide bonds. The molecule has 0 aromatic heterocycles. The summed E-state index contributed by atoms with van der Waals surface area (Å²) in [5.41, 5.74) is 1.38. The molecule has 1 saturated carbocycles. The Morgan fingerprint density at radius 3 is 2.37 bits per heavy atom. The zero-order chi connectivity index (χ0) is 19.3. The van der Waals surface area contributed by atoms with Gasteiger partial charge in [0, 0.05) is 38.3 Å². The number of fused-ring (bicyclic) bond motifs is 5. The second-order valence-electron chi connectivity index (χ2n) is 7.44. The summed E-state index contributed by atoms with van der Waals surface area (Å²) in [7, 11) is 3.76. The average molecular weight is 367 g/mol. The number of rotatable bonds is 4. The highest BCUT2D eigenvalue weighted by molar-refractivity contribution is 6.07. The molecule has 0 N–H and O–H groups in total. The van der Waals surface area contributed by atoms with Crippen LogP contribution in [-0.4, -0.2) is 43.1 Å². The van der Waals surface area contributed by atoms with Crippen molar-refractivity contribution in [2.45, 2.75) is 13.3 Å². The lowest BCUT2D eigenvalue weighted by molar-refractivity contribution is -0.140. The van der Waals surface area contributed by atoms with E-state index >= 15 is 0 Å². The van der Waals surface area contributed by atoms with Crippen molar-refractivity contribution in [3.63, 3.8) is 0 Å². The van der Waals surface area contributed by atoms with Crippen LogP contribution in [0.3, 0.4) is 0 Å². The number of ether oxygens (including phenoxy) is 1. The monoisotopic (exact) mass is 367 g/mol. The van der Waals surface area contributed by atoms with E-state index in [1.54, 1.807) is 12.1 Å². The molecule has 0 unspecified atom stereocenters. The molecule has 0 spiro atoms. The molecule has 1 aromatic carbocycles. The van der Waals surface area contributed by atoms with Gasteiger partial charge in [-0.2, -0.15) is 10.1 Å². The second kappa shape index (κ2) is 6.33. The summed E-state index contributed by atoms with van der Waals surface area (Å²) < 4.78 is 5.27. The lowest BCUT2D eigenvalue weighted by Crippen LogP contribution is -2.28. The van der Waals surface area contributed by atoms with Crippen LogP contribution in [0.2, 0.25) is 0 Å². The van der Waals surface area contributed by atoms with Crippen molar-refractivity contribution < 1.29 is 19.1 Å². The van der Waals surface area contributed by atoms with Crippen LogP contribution in [0.25, 0.3) is 0 Å². The average Bonchev–Trinajstić information content (AvgIpc) is 3.28. The van der Waals surface area contributed by atoms with E-state index in [4.69, 9.17) is 4.74 Å². The third-order valence-corrected chi connectivity index (χ3v) is 5.53. The number of allylic oxidation sites excluding steroid dienone is 2. The van der Waals surface area contributed by atoms with Gasteiger partial charge in [-0.05, 0) is 30.4 Å². The van der Waals surface area contributed by atoms with Crippen molar-refractivity contribution in [1.82, 2.24) is 5.01 Å². The van der Waals surface area contributed by atoms with E-state index in [9.17, 15) is 14.4 Å². The Hall–Kier alpha value is -2.96. The first-order valence-corrected chi connectivity index (χ1v) is 8.96. The zero-order valence-electron chi connectivity index (χ0n) is 15.5. The van der Waals surface area contributed by atoms with E-state index in [0.717, 1.165) is 17.1 Å². The molecule has 4 atom stereocenters. The van der Waals surface area contributed by atoms with Crippen molar-refractivity contribution in [2.75, 3.05) is 19.0 Å². The first-order valence-electron chi connectivity index (χ1n) is 8.96. The molecule has 27 heavy (non-hydrogen) atoms. The van der Waals surface area contributed by atoms with Gasteiger partial charge in [-0.25, -0.2) is 0 Å². The molecular formula is C20H21N3O4. The summed E-state index contributed by atoms with van der Waals surface area (Å²) in [6.07, 6.45) is 6.38. The molecule has 1 heterocycles. The van der Waals surface area contributed by atoms with Gasteiger partial charge in [-0.1, -0.05) is 12.2 Å². The van der Waals surface area contributed by atoms with Gasteiger partial charge in [-0.3, -0.25) is 14.4 Å². The smallest absolute Gasteiger partial charge is 0.308 e. The predicted molar refractivity (Wildman–Crippen MR) is 99.2 cm³/mol. The zero-order valence-corrected chi connectivity index (χ0v) is 15.5. The number of anilines is 1. The lowest BCUT2D eigenvalue weighted by atomic mass is 9.85. The number of esters is 1. The molecular weight excluding hydrogens is 346 g/mol. The van der Waals surface area contributed by atoms with E-state index in [0.29, 0.717) is 11.3 Å². The second-order valence-corrected chi connectivity index (χ2v) is 7.44. The summed E-state index contributed by atoms with van der Waals surface area (Å²) in [5.74, 6) is -0.874. The van der Waals surface area contributed by atoms with Crippen molar-refractivity contribution in [1.29, 1.82) is 0 Å². The van der Waals surface area contributed by atoms with Gasteiger partial charge < -0.3 is 9.64 Å². The van der Waals surface area contributed by atoms with E-state index in [-0.39, 0.29) is 35.5 Å². The van der Waals surface area contributed by atoms with E-state index in [1.807, 2.05) is 37.2 Å². The molecule has 1 aliphatic heterocycles. The summed E-state index contributed by atoms with van der Waals surface area (Å²) in [5, 5.41) is 5.14. The number of carbonyl (C=O) groups is 3. The van der Waals surface area contributed by atoms with E-state index in [1.165, 1.54) is 13.1 Å². The summed E-state index contributed by atoms with van der Waals surface area (Å²) in [6.45, 7) is 1.32. The molecule has 1 saturated heterocycles. The Morgan fingerprint density at radius 1 is 1.19 bits per heavy atom. The molecule has 4 rings (SSSR count). The van der Waals surface area contributed by atoms with Gasteiger partial charge in [0.1, 0.15) is 5.75 Å². The summed E-state index contributed by atoms with van der Waals surface area (Å²) >= 11 is 0. The molecule has 2 bridgehead atoms. The Kier molecular flexibility index (Phi) is 4.09. The number of hydrazone groups is 1. The van der Waals surface area contributed by atoms with Crippen LogP contribution in [0.4, 0.5) is 5.69 Å². The molecule has 140 valence electrons. The molecule has 7 nitrogen and oxygen atoms in total. The van der Waals surface area contributed by atoms with Gasteiger partial charge in [0.2, 0.25) is 0 Å². The van der Waals surface area contributed by atoms with Crippen LogP contribution in [0.15, 0.2) is 35.5 Å². The van der Waals surface area contributed by atoms with Crippen molar-refractivity contribution in [2.24, 2.45) is 28.8 Å². The minimum Gasteiger partial charge on any atom is -0.426 e. The number of hydrogen-bond donors (Lipinski definition) is 0. The van der Waals surface area contributed by atoms with Crippen LogP contribution >= 0.6 is 0 Å². The first kappa shape index (κ1) is 17.5. The number of benzene rings is 1. The molecule has 2 aliphatic carbocycles. The number of nitrogens with zero attached hydrogens (tertiary/aromatic N) is 3. The highest BCUT2D eigenvalue weighted by atomic mass is 16.5. The fourth-order valence-electron chi connectivity index (χ4n) is 4.27. The van der Waals surface area contributed by atoms with Crippen LogP contribution in [0.5, 0.6) is 5.75 Å². The summed E-state index contributed by atoms with van der Waals surface area (Å²) in [4.78, 5) is 38.7. The van der Waals surface area contributed by atoms with Crippen molar-refractivity contribution >= 4 is 29.7 Å². The summed E-state index contributed by atoms with van der Waals surface area (Å²) in [6, 6.07) is 5.31. The van der Waals surface area contributed by atoms with Crippen LogP contribution in [-0.2, 0) is 14.4 Å². The molecule has 2 fully saturated rings. The third-order valence-electron chi connectivity index (χ3n) is 5.53. The Balaban J connectivity index is 1.60. The van der Waals surface area contributed by atoms with Gasteiger partial charge in [0.25, 0.3) is 11.8 Å². The number of carbonyl (C=O) groups excluding carboxylic acids is 3. The number of amides is 2. The largest absolute Gasteiger partial charge is 0.426 e. The topological polar surface area (TPSA) is 79.3 Å². The third kappa shape index (κ3) is 2.83. The van der Waals surface area contributed by atoms with Gasteiger partial charge in [-0.15, -0.1) is 0 Å². The number of imide groups is 1. The normalized spacial score (nSPS) is 28.3. The minimum atomic E-state index is -0.453. The Bertz CT molecular complexity index is 859. The van der Waals surface area contributed by atoms with Gasteiger partial charge >= 0.3 is 5.97 Å². The fourth-order valence-corrected chi connectivity index (χ4v) is 4.27. The maximum absolute atomic E-state index is 12.7.